The predicted molar refractivity (Wildman–Crippen MR) is 318 cm³/mol. The summed E-state index contributed by atoms with van der Waals surface area (Å²) in [5.74, 6) is 0. The van der Waals surface area contributed by atoms with E-state index in [2.05, 4.69) is 290 Å². The molecule has 13 aromatic rings. The Morgan fingerprint density at radius 2 is 0.711 bits per heavy atom. The Morgan fingerprint density at radius 1 is 0.276 bits per heavy atom. The van der Waals surface area contributed by atoms with Gasteiger partial charge < -0.3 is 4.90 Å². The maximum atomic E-state index is 2.64. The van der Waals surface area contributed by atoms with E-state index in [0.717, 1.165) is 17.1 Å². The van der Waals surface area contributed by atoms with Crippen molar-refractivity contribution in [3.63, 3.8) is 0 Å². The smallest absolute Gasteiger partial charge is 0.0734 e. The molecule has 0 radical (unpaired) electrons. The molecule has 1 spiro atoms. The average Bonchev–Trinajstić information content (AvgIpc) is 4.22. The summed E-state index contributed by atoms with van der Waals surface area (Å²) in [4.78, 5) is 2.64. The largest absolute Gasteiger partial charge is 0.309 e. The lowest BCUT2D eigenvalue weighted by atomic mass is 9.66. The van der Waals surface area contributed by atoms with Crippen LogP contribution in [0, 0.1) is 0 Å². The third-order valence-electron chi connectivity index (χ3n) is 17.0. The molecular weight excluding hydrogens is 935 g/mol. The van der Waals surface area contributed by atoms with Crippen molar-refractivity contribution in [2.45, 2.75) is 10.8 Å². The van der Waals surface area contributed by atoms with Gasteiger partial charge in [0.2, 0.25) is 0 Å². The molecule has 0 amide bonds. The van der Waals surface area contributed by atoms with E-state index in [1.807, 2.05) is 11.3 Å². The molecule has 0 saturated carbocycles. The number of rotatable bonds is 7. The number of hydrogen-bond donors (Lipinski definition) is 0. The van der Waals surface area contributed by atoms with E-state index in [0.29, 0.717) is 0 Å². The van der Waals surface area contributed by atoms with E-state index in [4.69, 9.17) is 0 Å². The van der Waals surface area contributed by atoms with Crippen LogP contribution in [0.1, 0.15) is 44.5 Å². The van der Waals surface area contributed by atoms with Crippen LogP contribution in [0.5, 0.6) is 0 Å². The number of anilines is 3. The van der Waals surface area contributed by atoms with Gasteiger partial charge in [0.15, 0.2) is 0 Å². The first-order valence-corrected chi connectivity index (χ1v) is 27.2. The van der Waals surface area contributed by atoms with Gasteiger partial charge in [-0.1, -0.05) is 249 Å². The number of nitrogens with zero attached hydrogens (tertiary/aromatic N) is 1. The number of benzene rings is 12. The molecule has 0 N–H and O–H groups in total. The summed E-state index contributed by atoms with van der Waals surface area (Å²) in [5, 5.41) is 2.55. The molecule has 2 heteroatoms. The SMILES string of the molecule is c1ccc(-c2ccc(C3(c4ccc(-c5ccccc5)cc4)c4ccccc4-c4cccc(N(c5ccc6sc7ccccc7c6c5)c5cccc6c5-c5ccccc5C65c6ccccc6-c6ccccc65)c43)cc2)cc1. The summed E-state index contributed by atoms with van der Waals surface area (Å²) in [7, 11) is 0. The summed E-state index contributed by atoms with van der Waals surface area (Å²) in [5.41, 5.74) is 24.9. The van der Waals surface area contributed by atoms with Gasteiger partial charge in [0.25, 0.3) is 0 Å². The monoisotopic (exact) mass is 981 g/mol. The minimum absolute atomic E-state index is 0.506. The summed E-state index contributed by atoms with van der Waals surface area (Å²) in [6.45, 7) is 0. The van der Waals surface area contributed by atoms with Crippen LogP contribution in [-0.2, 0) is 10.8 Å². The van der Waals surface area contributed by atoms with Crippen molar-refractivity contribution < 1.29 is 0 Å². The number of thiophene rings is 1. The van der Waals surface area contributed by atoms with E-state index in [-0.39, 0.29) is 0 Å². The van der Waals surface area contributed by atoms with Crippen molar-refractivity contribution in [3.8, 4) is 55.6 Å². The van der Waals surface area contributed by atoms with E-state index in [1.54, 1.807) is 0 Å². The van der Waals surface area contributed by atoms with Crippen LogP contribution in [-0.4, -0.2) is 0 Å². The van der Waals surface area contributed by atoms with E-state index >= 15 is 0 Å². The fourth-order valence-electron chi connectivity index (χ4n) is 13.9. The second-order valence-electron chi connectivity index (χ2n) is 20.6. The van der Waals surface area contributed by atoms with Crippen molar-refractivity contribution in [2.24, 2.45) is 0 Å². The molecule has 354 valence electrons. The second-order valence-corrected chi connectivity index (χ2v) is 21.7. The maximum absolute atomic E-state index is 2.64. The Bertz CT molecular complexity index is 4320. The summed E-state index contributed by atoms with van der Waals surface area (Å²) < 4.78 is 2.58. The van der Waals surface area contributed by atoms with Gasteiger partial charge >= 0.3 is 0 Å². The molecule has 3 aliphatic rings. The van der Waals surface area contributed by atoms with E-state index in [9.17, 15) is 0 Å². The predicted octanol–water partition coefficient (Wildman–Crippen LogP) is 19.6. The molecule has 0 atom stereocenters. The molecule has 0 saturated heterocycles. The Morgan fingerprint density at radius 3 is 1.33 bits per heavy atom. The van der Waals surface area contributed by atoms with Gasteiger partial charge in [0, 0.05) is 37.0 Å². The topological polar surface area (TPSA) is 3.24 Å². The summed E-state index contributed by atoms with van der Waals surface area (Å²) >= 11 is 1.87. The van der Waals surface area contributed by atoms with Crippen LogP contribution >= 0.6 is 11.3 Å². The Labute approximate surface area is 446 Å². The lowest BCUT2D eigenvalue weighted by Crippen LogP contribution is -2.30. The molecule has 0 aliphatic heterocycles. The molecule has 16 rings (SSSR count). The minimum atomic E-state index is -0.731. The van der Waals surface area contributed by atoms with Crippen LogP contribution in [0.25, 0.3) is 75.8 Å². The third kappa shape index (κ3) is 5.90. The fourth-order valence-corrected chi connectivity index (χ4v) is 15.0. The summed E-state index contributed by atoms with van der Waals surface area (Å²) in [6.07, 6.45) is 0. The van der Waals surface area contributed by atoms with Crippen LogP contribution in [0.15, 0.2) is 285 Å². The number of hydrogen-bond acceptors (Lipinski definition) is 2. The van der Waals surface area contributed by atoms with Gasteiger partial charge in [0.1, 0.15) is 0 Å². The molecule has 0 fully saturated rings. The van der Waals surface area contributed by atoms with Gasteiger partial charge in [-0.3, -0.25) is 0 Å². The highest BCUT2D eigenvalue weighted by molar-refractivity contribution is 7.25. The van der Waals surface area contributed by atoms with E-state index < -0.39 is 10.8 Å². The lowest BCUT2D eigenvalue weighted by molar-refractivity contribution is 0.768. The zero-order valence-electron chi connectivity index (χ0n) is 41.5. The van der Waals surface area contributed by atoms with Crippen LogP contribution < -0.4 is 4.90 Å². The minimum Gasteiger partial charge on any atom is -0.309 e. The molecule has 0 unspecified atom stereocenters. The highest BCUT2D eigenvalue weighted by Gasteiger charge is 2.53. The quantitative estimate of drug-likeness (QED) is 0.154. The van der Waals surface area contributed by atoms with Crippen molar-refractivity contribution in [2.75, 3.05) is 4.90 Å². The van der Waals surface area contributed by atoms with Crippen molar-refractivity contribution in [1.82, 2.24) is 0 Å². The Hall–Kier alpha value is -9.34. The molecular formula is C74H47NS. The van der Waals surface area contributed by atoms with E-state index in [1.165, 1.54) is 120 Å². The standard InChI is InChI=1S/C74H47NS/c1-3-19-48(20-4-1)50-37-41-52(42-38-50)73(53-43-39-51(40-44-53)49-21-5-2-6-22-49)62-29-12-9-25-57(62)59-28-17-35-68(72(59)73)75(54-45-46-70-61(47-54)58-26-11-16-36-69(58)76-70)67-34-18-33-66-71(67)60-27-10-15-32-65(60)74(66)63-30-13-7-23-55(63)56-24-8-14-31-64(56)74/h1-47H. The molecule has 1 heterocycles. The highest BCUT2D eigenvalue weighted by Crippen LogP contribution is 2.66. The zero-order valence-corrected chi connectivity index (χ0v) is 42.3. The van der Waals surface area contributed by atoms with Gasteiger partial charge in [0.05, 0.1) is 22.2 Å². The first kappa shape index (κ1) is 43.1. The lowest BCUT2D eigenvalue weighted by Gasteiger charge is -2.38. The molecule has 1 nitrogen and oxygen atoms in total. The Kier molecular flexibility index (Phi) is 9.40. The molecule has 0 bridgehead atoms. The van der Waals surface area contributed by atoms with Gasteiger partial charge in [-0.25, -0.2) is 0 Å². The van der Waals surface area contributed by atoms with Gasteiger partial charge in [-0.05, 0) is 125 Å². The van der Waals surface area contributed by atoms with Crippen LogP contribution in [0.3, 0.4) is 0 Å². The Balaban J connectivity index is 1.02. The number of fused-ring (bicyclic) bond motifs is 16. The molecule has 76 heavy (non-hydrogen) atoms. The van der Waals surface area contributed by atoms with Crippen molar-refractivity contribution in [1.29, 1.82) is 0 Å². The van der Waals surface area contributed by atoms with Crippen molar-refractivity contribution >= 4 is 48.6 Å². The highest BCUT2D eigenvalue weighted by atomic mass is 32.1. The maximum Gasteiger partial charge on any atom is 0.0734 e. The fraction of sp³-hybridized carbons (Fsp3) is 0.0270. The van der Waals surface area contributed by atoms with Gasteiger partial charge in [-0.15, -0.1) is 11.3 Å². The van der Waals surface area contributed by atoms with Gasteiger partial charge in [-0.2, -0.15) is 0 Å². The molecule has 1 aromatic heterocycles. The summed E-state index contributed by atoms with van der Waals surface area (Å²) in [6, 6.07) is 107. The van der Waals surface area contributed by atoms with Crippen LogP contribution in [0.4, 0.5) is 17.1 Å². The first-order valence-electron chi connectivity index (χ1n) is 26.4. The third-order valence-corrected chi connectivity index (χ3v) is 18.1. The molecule has 12 aromatic carbocycles. The van der Waals surface area contributed by atoms with Crippen molar-refractivity contribution in [3.05, 3.63) is 330 Å². The zero-order chi connectivity index (χ0) is 50.0. The normalized spacial score (nSPS) is 13.7. The average molecular weight is 982 g/mol. The first-order chi connectivity index (χ1) is 37.7. The molecule has 3 aliphatic carbocycles. The second kappa shape index (κ2) is 16.6. The van der Waals surface area contributed by atoms with Crippen LogP contribution in [0.2, 0.25) is 0 Å².